The third kappa shape index (κ3) is 4.58. The zero-order chi connectivity index (χ0) is 4.99. The van der Waals surface area contributed by atoms with E-state index in [4.69, 9.17) is 0 Å². The van der Waals surface area contributed by atoms with Crippen molar-refractivity contribution in [3.8, 4) is 0 Å². The minimum atomic E-state index is 0.632. The van der Waals surface area contributed by atoms with Crippen LogP contribution in [0.15, 0.2) is 0 Å². The van der Waals surface area contributed by atoms with Crippen molar-refractivity contribution < 1.29 is 17.1 Å². The van der Waals surface area contributed by atoms with E-state index in [2.05, 4.69) is 24.5 Å². The van der Waals surface area contributed by atoms with E-state index in [9.17, 15) is 0 Å². The summed E-state index contributed by atoms with van der Waals surface area (Å²) in [6.45, 7) is 0. The maximum absolute atomic E-state index is 2.27. The van der Waals surface area contributed by atoms with E-state index in [1.54, 1.807) is 0 Å². The summed E-state index contributed by atoms with van der Waals surface area (Å²) in [5.41, 5.74) is 2.27. The Bertz CT molecular complexity index is 28.7. The second-order valence-electron chi connectivity index (χ2n) is 1.44. The van der Waals surface area contributed by atoms with Crippen molar-refractivity contribution in [3.63, 3.8) is 0 Å². The molecule has 0 saturated carbocycles. The first kappa shape index (κ1) is 6.58. The van der Waals surface area contributed by atoms with Crippen LogP contribution in [-0.4, -0.2) is 24.1 Å². The molecule has 0 aliphatic rings. The Morgan fingerprint density at radius 1 is 1.50 bits per heavy atom. The third-order valence-electron chi connectivity index (χ3n) is 0.335. The summed E-state index contributed by atoms with van der Waals surface area (Å²) in [5.74, 6) is 0. The predicted molar refractivity (Wildman–Crippen MR) is 24.4 cm³/mol. The summed E-state index contributed by atoms with van der Waals surface area (Å²) in [6.07, 6.45) is 0. The monoisotopic (exact) mass is 175 g/mol. The molecule has 0 rings (SSSR count). The molecule has 0 N–H and O–H groups in total. The van der Waals surface area contributed by atoms with Gasteiger partial charge in [-0.3, -0.25) is 0 Å². The van der Waals surface area contributed by atoms with Crippen molar-refractivity contribution in [3.05, 3.63) is 0 Å². The van der Waals surface area contributed by atoms with Crippen LogP contribution in [0.1, 0.15) is 0 Å². The first-order valence-electron chi connectivity index (χ1n) is 1.81. The summed E-state index contributed by atoms with van der Waals surface area (Å²) in [5, 5.41) is 1.30. The Balaban J connectivity index is 2.63. The van der Waals surface area contributed by atoms with Gasteiger partial charge < -0.3 is 0 Å². The molecular formula is C4H11NRu. The van der Waals surface area contributed by atoms with Gasteiger partial charge in [-0.1, -0.05) is 0 Å². The molecule has 0 heterocycles. The SMILES string of the molecule is [CH3][Ru][CH2]N(C)C. The Morgan fingerprint density at radius 3 is 2.00 bits per heavy atom. The van der Waals surface area contributed by atoms with Crippen LogP contribution >= 0.6 is 0 Å². The topological polar surface area (TPSA) is 3.24 Å². The summed E-state index contributed by atoms with van der Waals surface area (Å²) < 4.78 is 0. The van der Waals surface area contributed by atoms with Crippen LogP contribution in [0.25, 0.3) is 0 Å². The molecule has 0 aromatic heterocycles. The van der Waals surface area contributed by atoms with Gasteiger partial charge >= 0.3 is 46.8 Å². The molecule has 0 atom stereocenters. The van der Waals surface area contributed by atoms with Crippen molar-refractivity contribution in [2.24, 2.45) is 0 Å². The zero-order valence-corrected chi connectivity index (χ0v) is 6.25. The Hall–Kier alpha value is 0.583. The zero-order valence-electron chi connectivity index (χ0n) is 4.51. The van der Waals surface area contributed by atoms with E-state index in [1.807, 2.05) is 0 Å². The number of hydrogen-bond donors (Lipinski definition) is 0. The van der Waals surface area contributed by atoms with Gasteiger partial charge in [-0.2, -0.15) is 0 Å². The normalized spacial score (nSPS) is 10.7. The fourth-order valence-corrected chi connectivity index (χ4v) is 1.32. The van der Waals surface area contributed by atoms with E-state index >= 15 is 0 Å². The number of rotatable bonds is 2. The van der Waals surface area contributed by atoms with Gasteiger partial charge in [-0.05, 0) is 0 Å². The first-order valence-corrected chi connectivity index (χ1v) is 4.78. The summed E-state index contributed by atoms with van der Waals surface area (Å²) >= 11 is 0.632. The molecule has 0 unspecified atom stereocenters. The molecule has 0 radical (unpaired) electrons. The van der Waals surface area contributed by atoms with Gasteiger partial charge in [-0.25, -0.2) is 0 Å². The van der Waals surface area contributed by atoms with Crippen LogP contribution < -0.4 is 0 Å². The standard InChI is InChI=1S/C3H8N.CH3.Ru/c1-4(2)3;;/h1H2,2-3H3;1H3;. The van der Waals surface area contributed by atoms with Crippen LogP contribution in [0.5, 0.6) is 0 Å². The Labute approximate surface area is 47.3 Å². The van der Waals surface area contributed by atoms with Gasteiger partial charge in [0.15, 0.2) is 0 Å². The molecule has 0 saturated heterocycles. The molecule has 0 spiro atoms. The quantitative estimate of drug-likeness (QED) is 0.555. The second kappa shape index (κ2) is 3.76. The maximum atomic E-state index is 2.27. The van der Waals surface area contributed by atoms with Gasteiger partial charge in [0.1, 0.15) is 0 Å². The van der Waals surface area contributed by atoms with Gasteiger partial charge in [-0.15, -0.1) is 0 Å². The van der Waals surface area contributed by atoms with Crippen molar-refractivity contribution in [2.45, 2.75) is 5.52 Å². The van der Waals surface area contributed by atoms with E-state index in [0.29, 0.717) is 17.1 Å². The molecule has 0 aliphatic carbocycles. The molecule has 0 fully saturated rings. The first-order chi connectivity index (χ1) is 2.77. The summed E-state index contributed by atoms with van der Waals surface area (Å²) in [6, 6.07) is 0. The molecule has 0 aromatic rings. The average molecular weight is 174 g/mol. The molecule has 0 bridgehead atoms. The Kier molecular flexibility index (Phi) is 4.13. The van der Waals surface area contributed by atoms with Crippen molar-refractivity contribution >= 4 is 0 Å². The molecule has 1 nitrogen and oxygen atoms in total. The summed E-state index contributed by atoms with van der Waals surface area (Å²) in [7, 11) is 4.22. The number of hydrogen-bond acceptors (Lipinski definition) is 1. The second-order valence-corrected chi connectivity index (χ2v) is 3.22. The fraction of sp³-hybridized carbons (Fsp3) is 1.00. The molecule has 2 heteroatoms. The molecule has 0 aliphatic heterocycles. The van der Waals surface area contributed by atoms with E-state index in [1.165, 1.54) is 5.14 Å². The van der Waals surface area contributed by atoms with E-state index in [-0.39, 0.29) is 0 Å². The fourth-order valence-electron chi connectivity index (χ4n) is 0.224. The average Bonchev–Trinajstić information content (AvgIpc) is 1.35. The van der Waals surface area contributed by atoms with Gasteiger partial charge in [0, 0.05) is 0 Å². The predicted octanol–water partition coefficient (Wildman–Crippen LogP) is 0.636. The van der Waals surface area contributed by atoms with Crippen LogP contribution in [0.3, 0.4) is 0 Å². The van der Waals surface area contributed by atoms with E-state index < -0.39 is 0 Å². The van der Waals surface area contributed by atoms with Crippen LogP contribution in [0, 0.1) is 0 Å². The van der Waals surface area contributed by atoms with E-state index in [0.717, 1.165) is 0 Å². The van der Waals surface area contributed by atoms with Crippen molar-refractivity contribution in [1.82, 2.24) is 4.90 Å². The van der Waals surface area contributed by atoms with Gasteiger partial charge in [0.2, 0.25) is 0 Å². The Morgan fingerprint density at radius 2 is 2.00 bits per heavy atom. The van der Waals surface area contributed by atoms with Crippen LogP contribution in [0.2, 0.25) is 5.52 Å². The third-order valence-corrected chi connectivity index (χ3v) is 1.98. The molecule has 0 aromatic carbocycles. The summed E-state index contributed by atoms with van der Waals surface area (Å²) in [4.78, 5) is 2.22. The molecular weight excluding hydrogens is 163 g/mol. The van der Waals surface area contributed by atoms with Crippen LogP contribution in [-0.2, 0) is 17.1 Å². The van der Waals surface area contributed by atoms with Crippen molar-refractivity contribution in [2.75, 3.05) is 19.2 Å². The minimum absolute atomic E-state index is 0.632. The van der Waals surface area contributed by atoms with Gasteiger partial charge in [0.25, 0.3) is 0 Å². The number of nitrogens with zero attached hydrogens (tertiary/aromatic N) is 1. The molecule has 40 valence electrons. The van der Waals surface area contributed by atoms with Crippen molar-refractivity contribution in [1.29, 1.82) is 0 Å². The molecule has 6 heavy (non-hydrogen) atoms. The van der Waals surface area contributed by atoms with Gasteiger partial charge in [0.05, 0.1) is 0 Å². The molecule has 0 amide bonds. The van der Waals surface area contributed by atoms with Crippen LogP contribution in [0.4, 0.5) is 0 Å².